The quantitative estimate of drug-likeness (QED) is 0.815. The van der Waals surface area contributed by atoms with Gasteiger partial charge >= 0.3 is 0 Å². The van der Waals surface area contributed by atoms with Crippen LogP contribution in [-0.2, 0) is 20.7 Å². The smallest absolute Gasteiger partial charge is 0.224 e. The predicted octanol–water partition coefficient (Wildman–Crippen LogP) is 0.371. The van der Waals surface area contributed by atoms with Gasteiger partial charge in [0.2, 0.25) is 5.91 Å². The molecule has 4 atom stereocenters. The van der Waals surface area contributed by atoms with Crippen molar-refractivity contribution in [1.29, 1.82) is 0 Å². The van der Waals surface area contributed by atoms with Gasteiger partial charge in [0.05, 0.1) is 24.8 Å². The minimum atomic E-state index is 0.0339. The van der Waals surface area contributed by atoms with Crippen LogP contribution in [-0.4, -0.2) is 58.6 Å². The van der Waals surface area contributed by atoms with E-state index in [9.17, 15) is 4.79 Å². The van der Waals surface area contributed by atoms with Crippen molar-refractivity contribution in [1.82, 2.24) is 25.5 Å². The molecule has 1 aliphatic heterocycles. The zero-order valence-corrected chi connectivity index (χ0v) is 14.0. The van der Waals surface area contributed by atoms with Crippen molar-refractivity contribution in [3.8, 4) is 5.69 Å². The zero-order valence-electron chi connectivity index (χ0n) is 14.0. The number of amides is 1. The van der Waals surface area contributed by atoms with Crippen LogP contribution in [0.5, 0.6) is 0 Å². The van der Waals surface area contributed by atoms with Gasteiger partial charge in [0, 0.05) is 31.6 Å². The number of carbonyl (C=O) groups is 1. The molecule has 0 spiro atoms. The summed E-state index contributed by atoms with van der Waals surface area (Å²) in [4.78, 5) is 12.4. The highest BCUT2D eigenvalue weighted by Crippen LogP contribution is 2.43. The number of methoxy groups -OCH3 is 1. The van der Waals surface area contributed by atoms with Crippen LogP contribution in [0.1, 0.15) is 12.0 Å². The summed E-state index contributed by atoms with van der Waals surface area (Å²) in [7, 11) is 1.69. The van der Waals surface area contributed by atoms with E-state index in [4.69, 9.17) is 9.47 Å². The van der Waals surface area contributed by atoms with Gasteiger partial charge in [-0.15, -0.1) is 5.10 Å². The number of nitrogens with zero attached hydrogens (tertiary/aromatic N) is 4. The van der Waals surface area contributed by atoms with Gasteiger partial charge in [-0.3, -0.25) is 4.79 Å². The summed E-state index contributed by atoms with van der Waals surface area (Å²) in [5.74, 6) is 0.710. The Bertz CT molecular complexity index is 718. The number of carbonyl (C=O) groups excluding carboxylic acids is 1. The number of rotatable bonds is 6. The minimum absolute atomic E-state index is 0.0339. The van der Waals surface area contributed by atoms with Gasteiger partial charge in [0.25, 0.3) is 0 Å². The number of aromatic nitrogens is 4. The van der Waals surface area contributed by atoms with Crippen molar-refractivity contribution in [2.45, 2.75) is 25.0 Å². The summed E-state index contributed by atoms with van der Waals surface area (Å²) in [6, 6.07) is 7.80. The molecule has 2 heterocycles. The number of fused-ring (bicyclic) bond motifs is 1. The Balaban J connectivity index is 1.35. The van der Waals surface area contributed by atoms with E-state index in [1.54, 1.807) is 11.8 Å². The fourth-order valence-electron chi connectivity index (χ4n) is 3.90. The van der Waals surface area contributed by atoms with Gasteiger partial charge in [-0.1, -0.05) is 12.1 Å². The summed E-state index contributed by atoms with van der Waals surface area (Å²) in [6.45, 7) is 1.40. The number of nitrogens with one attached hydrogen (secondary N) is 1. The van der Waals surface area contributed by atoms with Gasteiger partial charge in [-0.25, -0.2) is 4.68 Å². The van der Waals surface area contributed by atoms with Crippen molar-refractivity contribution >= 4 is 5.91 Å². The second kappa shape index (κ2) is 6.89. The lowest BCUT2D eigenvalue weighted by molar-refractivity contribution is -0.129. The molecule has 2 fully saturated rings. The van der Waals surface area contributed by atoms with E-state index in [2.05, 4.69) is 20.8 Å². The molecule has 1 saturated heterocycles. The monoisotopic (exact) mass is 343 g/mol. The Morgan fingerprint density at radius 2 is 2.24 bits per heavy atom. The van der Waals surface area contributed by atoms with E-state index in [0.29, 0.717) is 18.9 Å². The highest BCUT2D eigenvalue weighted by Gasteiger charge is 2.54. The Morgan fingerprint density at radius 1 is 1.40 bits per heavy atom. The molecule has 8 heteroatoms. The summed E-state index contributed by atoms with van der Waals surface area (Å²) in [5, 5.41) is 14.2. The van der Waals surface area contributed by atoms with Crippen LogP contribution in [0, 0.1) is 11.8 Å². The molecule has 1 aromatic heterocycles. The van der Waals surface area contributed by atoms with Gasteiger partial charge in [0.15, 0.2) is 0 Å². The highest BCUT2D eigenvalue weighted by atomic mass is 16.5. The third kappa shape index (κ3) is 3.14. The average molecular weight is 343 g/mol. The molecular formula is C17H21N5O3. The van der Waals surface area contributed by atoms with Gasteiger partial charge in [0.1, 0.15) is 6.33 Å². The van der Waals surface area contributed by atoms with Crippen molar-refractivity contribution in [2.75, 3.05) is 20.3 Å². The fraction of sp³-hybridized carbons (Fsp3) is 0.529. The van der Waals surface area contributed by atoms with Gasteiger partial charge in [-0.2, -0.15) is 0 Å². The van der Waals surface area contributed by atoms with E-state index in [-0.39, 0.29) is 24.0 Å². The van der Waals surface area contributed by atoms with Crippen molar-refractivity contribution in [2.24, 2.45) is 11.8 Å². The minimum Gasteiger partial charge on any atom is -0.384 e. The second-order valence-corrected chi connectivity index (χ2v) is 6.60. The molecule has 1 aliphatic carbocycles. The summed E-state index contributed by atoms with van der Waals surface area (Å²) < 4.78 is 12.6. The number of tetrazole rings is 1. The maximum absolute atomic E-state index is 12.4. The molecule has 25 heavy (non-hydrogen) atoms. The average Bonchev–Trinajstić information content (AvgIpc) is 3.29. The van der Waals surface area contributed by atoms with Gasteiger partial charge in [-0.05, 0) is 34.5 Å². The predicted molar refractivity (Wildman–Crippen MR) is 88.0 cm³/mol. The molecular weight excluding hydrogens is 322 g/mol. The number of hydrogen-bond acceptors (Lipinski definition) is 6. The Hall–Kier alpha value is -2.32. The lowest BCUT2D eigenvalue weighted by Gasteiger charge is -2.47. The molecule has 2 aromatic rings. The SMILES string of the molecule is COC[C@H]1[C@@H](NC(=O)Cc2ccc(-n3cnnn3)cc2)[C@H]2CCO[C@H]21. The van der Waals surface area contributed by atoms with Crippen molar-refractivity contribution in [3.05, 3.63) is 36.2 Å². The molecule has 1 N–H and O–H groups in total. The van der Waals surface area contributed by atoms with E-state index >= 15 is 0 Å². The third-order valence-corrected chi connectivity index (χ3v) is 5.13. The normalized spacial score (nSPS) is 27.6. The first-order chi connectivity index (χ1) is 12.3. The van der Waals surface area contributed by atoms with E-state index in [0.717, 1.165) is 24.3 Å². The standard InChI is InChI=1S/C17H21N5O3/c1-24-9-14-16(13-6-7-25-17(13)14)19-15(23)8-11-2-4-12(5-3-11)22-10-18-20-21-22/h2-5,10,13-14,16-17H,6-9H2,1H3,(H,19,23)/t13-,14+,16+,17-/m1/s1. The molecule has 132 valence electrons. The highest BCUT2D eigenvalue weighted by molar-refractivity contribution is 5.79. The largest absolute Gasteiger partial charge is 0.384 e. The third-order valence-electron chi connectivity index (χ3n) is 5.13. The maximum atomic E-state index is 12.4. The first kappa shape index (κ1) is 16.2. The molecule has 1 amide bonds. The fourth-order valence-corrected chi connectivity index (χ4v) is 3.90. The number of benzene rings is 1. The summed E-state index contributed by atoms with van der Waals surface area (Å²) in [6.07, 6.45) is 3.13. The second-order valence-electron chi connectivity index (χ2n) is 6.60. The van der Waals surface area contributed by atoms with Crippen LogP contribution in [0.4, 0.5) is 0 Å². The lowest BCUT2D eigenvalue weighted by atomic mass is 9.67. The topological polar surface area (TPSA) is 91.2 Å². The van der Waals surface area contributed by atoms with E-state index in [1.807, 2.05) is 24.3 Å². The van der Waals surface area contributed by atoms with Gasteiger partial charge < -0.3 is 14.8 Å². The Kier molecular flexibility index (Phi) is 4.46. The van der Waals surface area contributed by atoms with Crippen molar-refractivity contribution in [3.63, 3.8) is 0 Å². The number of hydrogen-bond donors (Lipinski definition) is 1. The molecule has 8 nitrogen and oxygen atoms in total. The molecule has 4 rings (SSSR count). The number of ether oxygens (including phenoxy) is 2. The zero-order chi connectivity index (χ0) is 17.2. The molecule has 1 saturated carbocycles. The first-order valence-electron chi connectivity index (χ1n) is 8.48. The molecule has 0 bridgehead atoms. The van der Waals surface area contributed by atoms with Crippen LogP contribution < -0.4 is 5.32 Å². The Morgan fingerprint density at radius 3 is 2.96 bits per heavy atom. The molecule has 2 aliphatic rings. The van der Waals surface area contributed by atoms with Crippen LogP contribution in [0.2, 0.25) is 0 Å². The lowest BCUT2D eigenvalue weighted by Crippen LogP contribution is -2.62. The van der Waals surface area contributed by atoms with Crippen LogP contribution in [0.25, 0.3) is 5.69 Å². The summed E-state index contributed by atoms with van der Waals surface area (Å²) in [5.41, 5.74) is 1.82. The molecule has 0 radical (unpaired) electrons. The van der Waals surface area contributed by atoms with Crippen LogP contribution in [0.3, 0.4) is 0 Å². The van der Waals surface area contributed by atoms with Crippen LogP contribution >= 0.6 is 0 Å². The molecule has 0 unspecified atom stereocenters. The first-order valence-corrected chi connectivity index (χ1v) is 8.48. The maximum Gasteiger partial charge on any atom is 0.224 e. The van der Waals surface area contributed by atoms with E-state index in [1.165, 1.54) is 6.33 Å². The van der Waals surface area contributed by atoms with E-state index < -0.39 is 0 Å². The van der Waals surface area contributed by atoms with Crippen molar-refractivity contribution < 1.29 is 14.3 Å². The van der Waals surface area contributed by atoms with Crippen LogP contribution in [0.15, 0.2) is 30.6 Å². The summed E-state index contributed by atoms with van der Waals surface area (Å²) >= 11 is 0. The molecule has 1 aromatic carbocycles. The Labute approximate surface area is 145 Å².